The number of para-hydroxylation sites is 1. The quantitative estimate of drug-likeness (QED) is 0.472. The summed E-state index contributed by atoms with van der Waals surface area (Å²) in [4.78, 5) is 31.1. The maximum absolute atomic E-state index is 11.9. The number of carbonyl (C=O) groups is 2. The monoisotopic (exact) mass is 466 g/mol. The minimum atomic E-state index is -0.283. The molecule has 0 saturated carbocycles. The Morgan fingerprint density at radius 1 is 1.10 bits per heavy atom. The van der Waals surface area contributed by atoms with Crippen LogP contribution < -0.4 is 0 Å². The average molecular weight is 467 g/mol. The van der Waals surface area contributed by atoms with Crippen molar-refractivity contribution in [1.29, 1.82) is 0 Å². The fourth-order valence-electron chi connectivity index (χ4n) is 3.26. The van der Waals surface area contributed by atoms with Gasteiger partial charge in [-0.25, -0.2) is 4.99 Å². The van der Waals surface area contributed by atoms with E-state index in [4.69, 9.17) is 4.74 Å². The molecule has 154 valence electrons. The van der Waals surface area contributed by atoms with Crippen LogP contribution in [0.3, 0.4) is 0 Å². The van der Waals surface area contributed by atoms with Crippen molar-refractivity contribution in [1.82, 2.24) is 4.98 Å². The molecule has 1 atom stereocenters. The van der Waals surface area contributed by atoms with Crippen molar-refractivity contribution in [2.24, 2.45) is 10.9 Å². The molecule has 0 radical (unpaired) electrons. The molecule has 1 aromatic heterocycles. The number of halogens is 1. The van der Waals surface area contributed by atoms with Crippen LogP contribution >= 0.6 is 15.9 Å². The van der Waals surface area contributed by atoms with E-state index in [1.165, 1.54) is 7.11 Å². The maximum Gasteiger partial charge on any atom is 0.314 e. The van der Waals surface area contributed by atoms with Gasteiger partial charge in [0, 0.05) is 21.6 Å². The van der Waals surface area contributed by atoms with Crippen LogP contribution in [0.15, 0.2) is 64.1 Å². The zero-order valence-electron chi connectivity index (χ0n) is 17.1. The number of amides is 1. The molecule has 0 fully saturated rings. The highest BCUT2D eigenvalue weighted by Crippen LogP contribution is 2.25. The normalized spacial score (nSPS) is 13.0. The molecule has 0 bridgehead atoms. The molecule has 0 aliphatic carbocycles. The van der Waals surface area contributed by atoms with Crippen molar-refractivity contribution in [3.8, 4) is 0 Å². The van der Waals surface area contributed by atoms with Gasteiger partial charge in [-0.2, -0.15) is 0 Å². The lowest BCUT2D eigenvalue weighted by atomic mass is 9.93. The van der Waals surface area contributed by atoms with E-state index < -0.39 is 0 Å². The molecule has 30 heavy (non-hydrogen) atoms. The van der Waals surface area contributed by atoms with E-state index >= 15 is 0 Å². The number of hydrogen-bond acceptors (Lipinski definition) is 4. The molecule has 2 aromatic carbocycles. The lowest BCUT2D eigenvalue weighted by molar-refractivity contribution is -0.142. The Labute approximate surface area is 184 Å². The van der Waals surface area contributed by atoms with E-state index in [1.807, 2.05) is 48.5 Å². The molecule has 1 unspecified atom stereocenters. The number of esters is 1. The number of pyridine rings is 1. The van der Waals surface area contributed by atoms with Crippen molar-refractivity contribution in [2.75, 3.05) is 7.11 Å². The molecular weight excluding hydrogens is 444 g/mol. The van der Waals surface area contributed by atoms with Crippen LogP contribution in [0.1, 0.15) is 47.8 Å². The van der Waals surface area contributed by atoms with E-state index in [2.05, 4.69) is 39.8 Å². The summed E-state index contributed by atoms with van der Waals surface area (Å²) in [5, 5.41) is 1.08. The molecule has 1 aliphatic heterocycles. The Bertz CT molecular complexity index is 1110. The van der Waals surface area contributed by atoms with Gasteiger partial charge in [-0.3, -0.25) is 14.6 Å². The van der Waals surface area contributed by atoms with Gasteiger partial charge in [0.2, 0.25) is 0 Å². The van der Waals surface area contributed by atoms with Gasteiger partial charge in [0.15, 0.2) is 0 Å². The molecule has 6 heteroatoms. The Morgan fingerprint density at radius 3 is 2.60 bits per heavy atom. The lowest BCUT2D eigenvalue weighted by Crippen LogP contribution is -2.17. The fourth-order valence-corrected chi connectivity index (χ4v) is 3.64. The Balaban J connectivity index is 0.000000196. The first-order chi connectivity index (χ1) is 14.4. The Hall–Kier alpha value is -2.86. The Morgan fingerprint density at radius 2 is 1.87 bits per heavy atom. The molecule has 0 N–H and O–H groups in total. The second kappa shape index (κ2) is 9.76. The van der Waals surface area contributed by atoms with Crippen LogP contribution in [-0.2, 0) is 9.53 Å². The standard InChI is InChI=1S/C16H19NO2.C8H4BrNO/c1-11(2)10-13(16(18)19-3)15-9-8-12-6-4-5-7-14(12)17-15;9-6-1-2-7-5(3-6)4-10-8(7)11/h4-9,11,13H,10H2,1-3H3;1-4H. The summed E-state index contributed by atoms with van der Waals surface area (Å²) in [5.74, 6) is -0.226. The summed E-state index contributed by atoms with van der Waals surface area (Å²) < 4.78 is 5.87. The third-order valence-corrected chi connectivity index (χ3v) is 5.23. The number of aliphatic imine (C=N–C) groups is 1. The third kappa shape index (κ3) is 5.19. The average Bonchev–Trinajstić information content (AvgIpc) is 3.11. The molecule has 0 saturated heterocycles. The van der Waals surface area contributed by atoms with E-state index in [0.29, 0.717) is 11.5 Å². The lowest BCUT2D eigenvalue weighted by Gasteiger charge is -2.16. The molecule has 1 amide bonds. The molecular formula is C24H23BrN2O3. The fraction of sp³-hybridized carbons (Fsp3) is 0.250. The van der Waals surface area contributed by atoms with Crippen molar-refractivity contribution in [3.63, 3.8) is 0 Å². The first-order valence-corrected chi connectivity index (χ1v) is 10.5. The highest BCUT2D eigenvalue weighted by atomic mass is 79.9. The van der Waals surface area contributed by atoms with Crippen molar-refractivity contribution < 1.29 is 14.3 Å². The smallest absolute Gasteiger partial charge is 0.314 e. The largest absolute Gasteiger partial charge is 0.469 e. The first kappa shape index (κ1) is 21.8. The van der Waals surface area contributed by atoms with Gasteiger partial charge in [0.1, 0.15) is 0 Å². The minimum Gasteiger partial charge on any atom is -0.469 e. The summed E-state index contributed by atoms with van der Waals surface area (Å²) in [6.45, 7) is 4.19. The summed E-state index contributed by atoms with van der Waals surface area (Å²) in [6.07, 6.45) is 2.33. The molecule has 4 rings (SSSR count). The van der Waals surface area contributed by atoms with E-state index in [1.54, 1.807) is 12.3 Å². The number of methoxy groups -OCH3 is 1. The number of rotatable bonds is 4. The summed E-state index contributed by atoms with van der Waals surface area (Å²) in [5.41, 5.74) is 3.29. The predicted octanol–water partition coefficient (Wildman–Crippen LogP) is 5.56. The molecule has 2 heterocycles. The molecule has 1 aliphatic rings. The highest BCUT2D eigenvalue weighted by Gasteiger charge is 2.24. The number of ether oxygens (including phenoxy) is 1. The second-order valence-electron chi connectivity index (χ2n) is 7.43. The van der Waals surface area contributed by atoms with E-state index in [-0.39, 0.29) is 17.8 Å². The molecule has 0 spiro atoms. The zero-order valence-corrected chi connectivity index (χ0v) is 18.7. The number of benzene rings is 2. The molecule has 3 aromatic rings. The van der Waals surface area contributed by atoms with Crippen molar-refractivity contribution in [2.45, 2.75) is 26.2 Å². The number of hydrogen-bond donors (Lipinski definition) is 0. The summed E-state index contributed by atoms with van der Waals surface area (Å²) >= 11 is 3.31. The third-order valence-electron chi connectivity index (χ3n) is 4.73. The van der Waals surface area contributed by atoms with Gasteiger partial charge in [-0.05, 0) is 42.7 Å². The van der Waals surface area contributed by atoms with Gasteiger partial charge < -0.3 is 4.74 Å². The van der Waals surface area contributed by atoms with Crippen LogP contribution in [-0.4, -0.2) is 30.2 Å². The van der Waals surface area contributed by atoms with Crippen LogP contribution in [0.2, 0.25) is 0 Å². The Kier molecular flexibility index (Phi) is 7.11. The van der Waals surface area contributed by atoms with Crippen molar-refractivity contribution in [3.05, 3.63) is 75.9 Å². The summed E-state index contributed by atoms with van der Waals surface area (Å²) in [7, 11) is 1.43. The first-order valence-electron chi connectivity index (χ1n) is 9.70. The van der Waals surface area contributed by atoms with E-state index in [0.717, 1.165) is 33.1 Å². The van der Waals surface area contributed by atoms with Gasteiger partial charge >= 0.3 is 5.97 Å². The minimum absolute atomic E-state index is 0.146. The topological polar surface area (TPSA) is 68.6 Å². The highest BCUT2D eigenvalue weighted by molar-refractivity contribution is 9.10. The second-order valence-corrected chi connectivity index (χ2v) is 8.34. The van der Waals surface area contributed by atoms with Gasteiger partial charge in [-0.1, -0.05) is 54.0 Å². The maximum atomic E-state index is 11.9. The van der Waals surface area contributed by atoms with E-state index in [9.17, 15) is 9.59 Å². The number of aromatic nitrogens is 1. The summed E-state index contributed by atoms with van der Waals surface area (Å²) in [6, 6.07) is 17.3. The SMILES string of the molecule is COC(=O)C(CC(C)C)c1ccc2ccccc2n1.O=C1N=Cc2cc(Br)ccc21. The van der Waals surface area contributed by atoms with Crippen LogP contribution in [0.25, 0.3) is 10.9 Å². The zero-order chi connectivity index (χ0) is 21.7. The number of fused-ring (bicyclic) bond motifs is 2. The van der Waals surface area contributed by atoms with Crippen LogP contribution in [0.5, 0.6) is 0 Å². The predicted molar refractivity (Wildman–Crippen MR) is 122 cm³/mol. The van der Waals surface area contributed by atoms with Gasteiger partial charge in [0.05, 0.1) is 29.8 Å². The van der Waals surface area contributed by atoms with Gasteiger partial charge in [-0.15, -0.1) is 0 Å². The molecule has 5 nitrogen and oxygen atoms in total. The number of nitrogens with zero attached hydrogens (tertiary/aromatic N) is 2. The number of carbonyl (C=O) groups excluding carboxylic acids is 2. The van der Waals surface area contributed by atoms with Crippen LogP contribution in [0.4, 0.5) is 0 Å². The van der Waals surface area contributed by atoms with Crippen molar-refractivity contribution >= 4 is 44.9 Å². The van der Waals surface area contributed by atoms with Crippen LogP contribution in [0, 0.1) is 5.92 Å². The van der Waals surface area contributed by atoms with Gasteiger partial charge in [0.25, 0.3) is 5.91 Å².